The van der Waals surface area contributed by atoms with E-state index in [4.69, 9.17) is 0 Å². The highest BCUT2D eigenvalue weighted by molar-refractivity contribution is 5.91. The molecule has 7 heteroatoms. The number of hydrogen-bond donors (Lipinski definition) is 0. The Balaban J connectivity index is 1.89. The number of anilines is 1. The van der Waals surface area contributed by atoms with Gasteiger partial charge in [0.15, 0.2) is 5.69 Å². The van der Waals surface area contributed by atoms with Crippen molar-refractivity contribution in [1.29, 1.82) is 0 Å². The lowest BCUT2D eigenvalue weighted by molar-refractivity contribution is 0.0776. The molecule has 2 aromatic carbocycles. The highest BCUT2D eigenvalue weighted by atomic mass is 19.1. The Bertz CT molecular complexity index is 1090. The molecule has 0 radical (unpaired) electrons. The fraction of sp³-hybridized carbons (Fsp3) is 0.227. The summed E-state index contributed by atoms with van der Waals surface area (Å²) in [6.07, 6.45) is 0. The Hall–Kier alpha value is -3.48. The molecule has 6 nitrogen and oxygen atoms in total. The molecule has 1 heterocycles. The van der Waals surface area contributed by atoms with E-state index >= 15 is 0 Å². The minimum absolute atomic E-state index is 0.181. The zero-order valence-electron chi connectivity index (χ0n) is 16.9. The van der Waals surface area contributed by atoms with Gasteiger partial charge in [-0.05, 0) is 36.8 Å². The summed E-state index contributed by atoms with van der Waals surface area (Å²) >= 11 is 0. The normalized spacial score (nSPS) is 10.7. The molecule has 29 heavy (non-hydrogen) atoms. The lowest BCUT2D eigenvalue weighted by Crippen LogP contribution is -2.33. The van der Waals surface area contributed by atoms with E-state index in [0.29, 0.717) is 12.2 Å². The number of carbonyl (C=O) groups excluding carboxylic acids is 1. The third-order valence-electron chi connectivity index (χ3n) is 4.61. The summed E-state index contributed by atoms with van der Waals surface area (Å²) in [5, 5.41) is 4.17. The van der Waals surface area contributed by atoms with Gasteiger partial charge in [0.2, 0.25) is 5.43 Å². The van der Waals surface area contributed by atoms with Crippen molar-refractivity contribution < 1.29 is 9.18 Å². The number of rotatable bonds is 5. The van der Waals surface area contributed by atoms with E-state index in [1.807, 2.05) is 43.3 Å². The lowest BCUT2D eigenvalue weighted by atomic mass is 10.2. The molecule has 0 aliphatic rings. The van der Waals surface area contributed by atoms with Gasteiger partial charge in [0.05, 0.1) is 0 Å². The van der Waals surface area contributed by atoms with E-state index in [1.165, 1.54) is 21.7 Å². The number of carbonyl (C=O) groups is 1. The predicted molar refractivity (Wildman–Crippen MR) is 111 cm³/mol. The number of aryl methyl sites for hydroxylation is 1. The Kier molecular flexibility index (Phi) is 5.77. The van der Waals surface area contributed by atoms with Crippen LogP contribution in [0.3, 0.4) is 0 Å². The lowest BCUT2D eigenvalue weighted by Gasteiger charge is -2.19. The molecule has 0 bridgehead atoms. The topological polar surface area (TPSA) is 58.4 Å². The van der Waals surface area contributed by atoms with Crippen molar-refractivity contribution in [3.05, 3.63) is 87.6 Å². The fourth-order valence-electron chi connectivity index (χ4n) is 2.99. The van der Waals surface area contributed by atoms with Crippen LogP contribution in [0.2, 0.25) is 0 Å². The first-order valence-electron chi connectivity index (χ1n) is 9.15. The van der Waals surface area contributed by atoms with Crippen molar-refractivity contribution in [2.24, 2.45) is 0 Å². The van der Waals surface area contributed by atoms with Crippen LogP contribution >= 0.6 is 0 Å². The van der Waals surface area contributed by atoms with E-state index in [0.717, 1.165) is 11.3 Å². The SMILES string of the molecule is Cc1cc(=O)c(C(=O)N(C)Cc2ccc(N(C)C)cc2)nn1-c1ccccc1F. The number of amides is 1. The minimum atomic E-state index is -0.517. The van der Waals surface area contributed by atoms with Crippen molar-refractivity contribution >= 4 is 11.6 Å². The average molecular weight is 394 g/mol. The van der Waals surface area contributed by atoms with Crippen molar-refractivity contribution in [3.8, 4) is 5.69 Å². The van der Waals surface area contributed by atoms with Crippen LogP contribution in [0, 0.1) is 12.7 Å². The third-order valence-corrected chi connectivity index (χ3v) is 4.61. The maximum atomic E-state index is 14.2. The van der Waals surface area contributed by atoms with Gasteiger partial charge < -0.3 is 9.80 Å². The summed E-state index contributed by atoms with van der Waals surface area (Å²) in [5.41, 5.74) is 1.87. The number of halogens is 1. The molecule has 0 spiro atoms. The second-order valence-corrected chi connectivity index (χ2v) is 7.08. The Morgan fingerprint density at radius 2 is 1.72 bits per heavy atom. The van der Waals surface area contributed by atoms with Gasteiger partial charge in [0, 0.05) is 45.1 Å². The molecule has 0 atom stereocenters. The zero-order chi connectivity index (χ0) is 21.1. The molecule has 0 unspecified atom stereocenters. The quantitative estimate of drug-likeness (QED) is 0.668. The van der Waals surface area contributed by atoms with Crippen LogP contribution in [0.25, 0.3) is 5.69 Å². The van der Waals surface area contributed by atoms with Crippen LogP contribution in [0.15, 0.2) is 59.4 Å². The number of aromatic nitrogens is 2. The van der Waals surface area contributed by atoms with E-state index in [2.05, 4.69) is 5.10 Å². The van der Waals surface area contributed by atoms with Gasteiger partial charge in [0.1, 0.15) is 11.5 Å². The van der Waals surface area contributed by atoms with Crippen LogP contribution in [0.1, 0.15) is 21.7 Å². The second kappa shape index (κ2) is 8.26. The minimum Gasteiger partial charge on any atom is -0.378 e. The maximum Gasteiger partial charge on any atom is 0.278 e. The van der Waals surface area contributed by atoms with Gasteiger partial charge in [-0.1, -0.05) is 24.3 Å². The van der Waals surface area contributed by atoms with Crippen molar-refractivity contribution in [2.45, 2.75) is 13.5 Å². The van der Waals surface area contributed by atoms with E-state index < -0.39 is 17.2 Å². The molecule has 1 aromatic heterocycles. The number of hydrogen-bond acceptors (Lipinski definition) is 4. The number of nitrogens with zero attached hydrogens (tertiary/aromatic N) is 4. The monoisotopic (exact) mass is 394 g/mol. The zero-order valence-corrected chi connectivity index (χ0v) is 16.9. The van der Waals surface area contributed by atoms with Crippen molar-refractivity contribution in [2.75, 3.05) is 26.0 Å². The molecule has 0 N–H and O–H groups in total. The Labute approximate surface area is 168 Å². The first-order valence-corrected chi connectivity index (χ1v) is 9.15. The molecule has 0 aliphatic heterocycles. The number of benzene rings is 2. The molecule has 0 aliphatic carbocycles. The van der Waals surface area contributed by atoms with Crippen LogP contribution in [-0.2, 0) is 6.54 Å². The summed E-state index contributed by atoms with van der Waals surface area (Å²) in [4.78, 5) is 28.7. The van der Waals surface area contributed by atoms with E-state index in [-0.39, 0.29) is 11.4 Å². The maximum absolute atomic E-state index is 14.2. The summed E-state index contributed by atoms with van der Waals surface area (Å²) in [7, 11) is 5.51. The summed E-state index contributed by atoms with van der Waals surface area (Å²) < 4.78 is 15.5. The van der Waals surface area contributed by atoms with Gasteiger partial charge in [-0.2, -0.15) is 5.10 Å². The van der Waals surface area contributed by atoms with Crippen LogP contribution < -0.4 is 10.3 Å². The predicted octanol–water partition coefficient (Wildman–Crippen LogP) is 3.02. The van der Waals surface area contributed by atoms with Gasteiger partial charge >= 0.3 is 0 Å². The van der Waals surface area contributed by atoms with Crippen LogP contribution in [0.4, 0.5) is 10.1 Å². The van der Waals surface area contributed by atoms with Gasteiger partial charge in [-0.3, -0.25) is 9.59 Å². The Morgan fingerprint density at radius 3 is 2.34 bits per heavy atom. The highest BCUT2D eigenvalue weighted by Crippen LogP contribution is 2.15. The second-order valence-electron chi connectivity index (χ2n) is 7.08. The van der Waals surface area contributed by atoms with Gasteiger partial charge in [-0.25, -0.2) is 9.07 Å². The molecule has 150 valence electrons. The van der Waals surface area contributed by atoms with Crippen LogP contribution in [0.5, 0.6) is 0 Å². The summed E-state index contributed by atoms with van der Waals surface area (Å²) in [5.74, 6) is -1.00. The van der Waals surface area contributed by atoms with Gasteiger partial charge in [-0.15, -0.1) is 0 Å². The van der Waals surface area contributed by atoms with Crippen molar-refractivity contribution in [3.63, 3.8) is 0 Å². The molecular weight excluding hydrogens is 371 g/mol. The average Bonchev–Trinajstić information content (AvgIpc) is 2.69. The Morgan fingerprint density at radius 1 is 1.07 bits per heavy atom. The summed E-state index contributed by atoms with van der Waals surface area (Å²) in [6, 6.07) is 15.2. The fourth-order valence-corrected chi connectivity index (χ4v) is 2.99. The van der Waals surface area contributed by atoms with Crippen LogP contribution in [-0.4, -0.2) is 41.7 Å². The van der Waals surface area contributed by atoms with Crippen molar-refractivity contribution in [1.82, 2.24) is 14.7 Å². The smallest absolute Gasteiger partial charge is 0.278 e. The molecule has 3 aromatic rings. The summed E-state index contributed by atoms with van der Waals surface area (Å²) in [6.45, 7) is 1.96. The van der Waals surface area contributed by atoms with E-state index in [1.54, 1.807) is 32.2 Å². The molecule has 0 saturated carbocycles. The number of para-hydroxylation sites is 1. The third kappa shape index (κ3) is 4.34. The first kappa shape index (κ1) is 20.3. The highest BCUT2D eigenvalue weighted by Gasteiger charge is 2.20. The molecule has 0 saturated heterocycles. The first-order chi connectivity index (χ1) is 13.8. The van der Waals surface area contributed by atoms with Gasteiger partial charge in [0.25, 0.3) is 5.91 Å². The largest absolute Gasteiger partial charge is 0.378 e. The van der Waals surface area contributed by atoms with E-state index in [9.17, 15) is 14.0 Å². The molecule has 3 rings (SSSR count). The molecule has 0 fully saturated rings. The standard InChI is InChI=1S/C22H23FN4O2/c1-15-13-20(28)21(24-27(15)19-8-6-5-7-18(19)23)22(29)26(4)14-16-9-11-17(12-10-16)25(2)3/h5-13H,14H2,1-4H3. The molecular formula is C22H23FN4O2. The molecule has 1 amide bonds.